The summed E-state index contributed by atoms with van der Waals surface area (Å²) < 4.78 is 19.2. The summed E-state index contributed by atoms with van der Waals surface area (Å²) in [5.74, 6) is 0.350. The minimum absolute atomic E-state index is 0.213. The van der Waals surface area contributed by atoms with Crippen LogP contribution in [0.1, 0.15) is 45.1 Å². The lowest BCUT2D eigenvalue weighted by atomic mass is 9.76. The number of benzene rings is 1. The van der Waals surface area contributed by atoms with Crippen LogP contribution in [-0.2, 0) is 0 Å². The van der Waals surface area contributed by atoms with Crippen molar-refractivity contribution in [3.8, 4) is 5.75 Å². The van der Waals surface area contributed by atoms with Crippen LogP contribution >= 0.6 is 0 Å². The zero-order valence-corrected chi connectivity index (χ0v) is 11.4. The van der Waals surface area contributed by atoms with Gasteiger partial charge in [0.2, 0.25) is 0 Å². The fraction of sp³-hybridized carbons (Fsp3) is 0.600. The van der Waals surface area contributed by atoms with Crippen LogP contribution in [-0.4, -0.2) is 6.10 Å². The summed E-state index contributed by atoms with van der Waals surface area (Å²) in [5, 5.41) is 0. The molecule has 0 heterocycles. The van der Waals surface area contributed by atoms with Gasteiger partial charge in [0.1, 0.15) is 11.6 Å². The van der Waals surface area contributed by atoms with E-state index < -0.39 is 0 Å². The van der Waals surface area contributed by atoms with Crippen molar-refractivity contribution in [1.29, 1.82) is 0 Å². The minimum Gasteiger partial charge on any atom is -0.488 e. The van der Waals surface area contributed by atoms with Crippen molar-refractivity contribution in [3.05, 3.63) is 23.5 Å². The van der Waals surface area contributed by atoms with Gasteiger partial charge in [0, 0.05) is 6.07 Å². The zero-order valence-electron chi connectivity index (χ0n) is 11.4. The van der Waals surface area contributed by atoms with Gasteiger partial charge in [0.15, 0.2) is 0 Å². The molecule has 1 aromatic rings. The zero-order chi connectivity index (χ0) is 13.3. The lowest BCUT2D eigenvalue weighted by Crippen LogP contribution is -2.28. The van der Waals surface area contributed by atoms with E-state index in [0.717, 1.165) is 25.7 Å². The molecule has 1 aliphatic carbocycles. The first kappa shape index (κ1) is 13.2. The molecule has 0 aromatic heterocycles. The van der Waals surface area contributed by atoms with Crippen LogP contribution in [0, 0.1) is 18.2 Å². The summed E-state index contributed by atoms with van der Waals surface area (Å²) in [6.45, 7) is 6.31. The number of ether oxygens (including phenoxy) is 1. The van der Waals surface area contributed by atoms with Crippen LogP contribution in [0.2, 0.25) is 0 Å². The van der Waals surface area contributed by atoms with Crippen LogP contribution in [0.4, 0.5) is 10.1 Å². The van der Waals surface area contributed by atoms with E-state index in [4.69, 9.17) is 10.5 Å². The fourth-order valence-electron chi connectivity index (χ4n) is 2.44. The third-order valence-corrected chi connectivity index (χ3v) is 3.87. The summed E-state index contributed by atoms with van der Waals surface area (Å²) >= 11 is 0. The summed E-state index contributed by atoms with van der Waals surface area (Å²) in [6, 6.07) is 3.04. The van der Waals surface area contributed by atoms with Gasteiger partial charge in [-0.1, -0.05) is 13.8 Å². The molecule has 1 aliphatic rings. The van der Waals surface area contributed by atoms with Crippen molar-refractivity contribution in [3.63, 3.8) is 0 Å². The van der Waals surface area contributed by atoms with Crippen LogP contribution in [0.3, 0.4) is 0 Å². The van der Waals surface area contributed by atoms with Gasteiger partial charge in [0.05, 0.1) is 11.8 Å². The number of halogens is 1. The number of hydrogen-bond acceptors (Lipinski definition) is 2. The smallest absolute Gasteiger partial charge is 0.143 e. The highest BCUT2D eigenvalue weighted by molar-refractivity contribution is 5.54. The number of rotatable bonds is 2. The van der Waals surface area contributed by atoms with Crippen molar-refractivity contribution < 1.29 is 9.13 Å². The average Bonchev–Trinajstić information content (AvgIpc) is 2.28. The van der Waals surface area contributed by atoms with E-state index >= 15 is 0 Å². The van der Waals surface area contributed by atoms with E-state index in [1.807, 2.05) is 0 Å². The van der Waals surface area contributed by atoms with Crippen molar-refractivity contribution >= 4 is 5.69 Å². The Hall–Kier alpha value is -1.25. The van der Waals surface area contributed by atoms with Crippen LogP contribution in [0.25, 0.3) is 0 Å². The Bertz CT molecular complexity index is 432. The second-order valence-corrected chi connectivity index (χ2v) is 6.12. The van der Waals surface area contributed by atoms with Crippen LogP contribution in [0.15, 0.2) is 12.1 Å². The predicted octanol–water partition coefficient (Wildman–Crippen LogP) is 4.06. The number of nitrogen functional groups attached to an aromatic ring is 1. The molecule has 1 saturated carbocycles. The van der Waals surface area contributed by atoms with Gasteiger partial charge >= 0.3 is 0 Å². The molecule has 0 aliphatic heterocycles. The normalized spacial score (nSPS) is 19.8. The number of aryl methyl sites for hydroxylation is 1. The number of hydrogen-bond donors (Lipinski definition) is 1. The molecule has 0 atom stereocenters. The van der Waals surface area contributed by atoms with Crippen molar-refractivity contribution in [1.82, 2.24) is 0 Å². The monoisotopic (exact) mass is 251 g/mol. The Kier molecular flexibility index (Phi) is 3.51. The second kappa shape index (κ2) is 4.79. The van der Waals surface area contributed by atoms with E-state index in [1.165, 1.54) is 6.07 Å². The molecule has 3 heteroatoms. The molecule has 0 unspecified atom stereocenters. The lowest BCUT2D eigenvalue weighted by molar-refractivity contribution is 0.0993. The SMILES string of the molecule is Cc1cc(OC2CCC(C)(C)CC2)c(N)cc1F. The molecule has 2 N–H and O–H groups in total. The van der Waals surface area contributed by atoms with E-state index in [-0.39, 0.29) is 11.9 Å². The van der Waals surface area contributed by atoms with E-state index in [0.29, 0.717) is 22.4 Å². The van der Waals surface area contributed by atoms with Gasteiger partial charge in [-0.3, -0.25) is 0 Å². The molecule has 1 aromatic carbocycles. The van der Waals surface area contributed by atoms with Crippen molar-refractivity contribution in [2.24, 2.45) is 5.41 Å². The summed E-state index contributed by atoms with van der Waals surface area (Å²) in [4.78, 5) is 0. The van der Waals surface area contributed by atoms with E-state index in [1.54, 1.807) is 13.0 Å². The maximum absolute atomic E-state index is 13.3. The first-order chi connectivity index (χ1) is 8.37. The van der Waals surface area contributed by atoms with Gasteiger partial charge in [0.25, 0.3) is 0 Å². The van der Waals surface area contributed by atoms with E-state index in [9.17, 15) is 4.39 Å². The average molecular weight is 251 g/mol. The Balaban J connectivity index is 2.04. The molecule has 0 radical (unpaired) electrons. The third kappa shape index (κ3) is 2.95. The largest absolute Gasteiger partial charge is 0.488 e. The molecule has 0 saturated heterocycles. The standard InChI is InChI=1S/C15H22FNO/c1-10-8-14(13(17)9-12(10)16)18-11-4-6-15(2,3)7-5-11/h8-9,11H,4-7,17H2,1-3H3. The molecular weight excluding hydrogens is 229 g/mol. The maximum atomic E-state index is 13.3. The number of anilines is 1. The Morgan fingerprint density at radius 2 is 1.89 bits per heavy atom. The van der Waals surface area contributed by atoms with E-state index in [2.05, 4.69) is 13.8 Å². The van der Waals surface area contributed by atoms with Crippen LogP contribution < -0.4 is 10.5 Å². The minimum atomic E-state index is -0.273. The molecule has 100 valence electrons. The quantitative estimate of drug-likeness (QED) is 0.804. The lowest BCUT2D eigenvalue weighted by Gasteiger charge is -2.34. The van der Waals surface area contributed by atoms with Gasteiger partial charge in [-0.05, 0) is 49.7 Å². The first-order valence-corrected chi connectivity index (χ1v) is 6.60. The summed E-state index contributed by atoms with van der Waals surface area (Å²) in [5.41, 5.74) is 7.19. The van der Waals surface area contributed by atoms with Crippen LogP contribution in [0.5, 0.6) is 5.75 Å². The number of nitrogens with two attached hydrogens (primary N) is 1. The topological polar surface area (TPSA) is 35.2 Å². The molecule has 2 rings (SSSR count). The Morgan fingerprint density at radius 3 is 2.50 bits per heavy atom. The first-order valence-electron chi connectivity index (χ1n) is 6.60. The van der Waals surface area contributed by atoms with Crippen molar-refractivity contribution in [2.75, 3.05) is 5.73 Å². The molecule has 2 nitrogen and oxygen atoms in total. The van der Waals surface area contributed by atoms with Crippen molar-refractivity contribution in [2.45, 2.75) is 52.6 Å². The van der Waals surface area contributed by atoms with Gasteiger partial charge < -0.3 is 10.5 Å². The Morgan fingerprint density at radius 1 is 1.28 bits per heavy atom. The highest BCUT2D eigenvalue weighted by Crippen LogP contribution is 2.37. The maximum Gasteiger partial charge on any atom is 0.143 e. The molecule has 18 heavy (non-hydrogen) atoms. The third-order valence-electron chi connectivity index (χ3n) is 3.87. The molecular formula is C15H22FNO. The van der Waals surface area contributed by atoms with Gasteiger partial charge in [-0.15, -0.1) is 0 Å². The highest BCUT2D eigenvalue weighted by atomic mass is 19.1. The van der Waals surface area contributed by atoms with Gasteiger partial charge in [-0.2, -0.15) is 0 Å². The molecule has 1 fully saturated rings. The molecule has 0 bridgehead atoms. The molecule has 0 amide bonds. The Labute approximate surface area is 108 Å². The second-order valence-electron chi connectivity index (χ2n) is 6.12. The fourth-order valence-corrected chi connectivity index (χ4v) is 2.44. The highest BCUT2D eigenvalue weighted by Gasteiger charge is 2.28. The predicted molar refractivity (Wildman–Crippen MR) is 72.2 cm³/mol. The van der Waals surface area contributed by atoms with Gasteiger partial charge in [-0.25, -0.2) is 4.39 Å². The molecule has 0 spiro atoms. The summed E-state index contributed by atoms with van der Waals surface area (Å²) in [6.07, 6.45) is 4.63. The summed E-state index contributed by atoms with van der Waals surface area (Å²) in [7, 11) is 0.